The number of hydrogen-bond acceptors (Lipinski definition) is 6. The normalized spacial score (nSPS) is 14.3. The molecule has 1 aliphatic heterocycles. The van der Waals surface area contributed by atoms with Gasteiger partial charge in [0.25, 0.3) is 0 Å². The third kappa shape index (κ3) is 4.01. The third-order valence-corrected chi connectivity index (χ3v) is 5.84. The monoisotopic (exact) mass is 455 g/mol. The maximum atomic E-state index is 14.0. The molecule has 10 heteroatoms. The van der Waals surface area contributed by atoms with Crippen LogP contribution in [0.1, 0.15) is 22.5 Å². The minimum absolute atomic E-state index is 0.110. The molecule has 0 amide bonds. The SMILES string of the molecule is Cc1cc(Nc2cc(N3CCOCC3)n3nc(C)c(Cc4ccc(Cl)c(F)c4)c3n2)n[nH]1. The predicted molar refractivity (Wildman–Crippen MR) is 122 cm³/mol. The number of fused-ring (bicyclic) bond motifs is 1. The Morgan fingerprint density at radius 1 is 1.16 bits per heavy atom. The Balaban J connectivity index is 1.61. The molecule has 1 saturated heterocycles. The van der Waals surface area contributed by atoms with E-state index in [2.05, 4.69) is 20.4 Å². The number of halogens is 2. The van der Waals surface area contributed by atoms with Gasteiger partial charge in [0.05, 0.1) is 23.9 Å². The number of nitrogens with one attached hydrogen (secondary N) is 2. The Bertz CT molecular complexity index is 1280. The van der Waals surface area contributed by atoms with Gasteiger partial charge in [-0.25, -0.2) is 9.37 Å². The van der Waals surface area contributed by atoms with Crippen molar-refractivity contribution in [1.82, 2.24) is 24.8 Å². The Morgan fingerprint density at radius 3 is 2.69 bits per heavy atom. The summed E-state index contributed by atoms with van der Waals surface area (Å²) in [5, 5.41) is 15.4. The van der Waals surface area contributed by atoms with Crippen LogP contribution in [-0.2, 0) is 11.2 Å². The lowest BCUT2D eigenvalue weighted by molar-refractivity contribution is 0.122. The molecule has 166 valence electrons. The predicted octanol–water partition coefficient (Wildman–Crippen LogP) is 4.03. The lowest BCUT2D eigenvalue weighted by Crippen LogP contribution is -2.37. The number of benzene rings is 1. The number of aromatic amines is 1. The molecule has 0 unspecified atom stereocenters. The maximum absolute atomic E-state index is 14.0. The number of aryl methyl sites for hydroxylation is 2. The van der Waals surface area contributed by atoms with Gasteiger partial charge in [-0.05, 0) is 31.5 Å². The van der Waals surface area contributed by atoms with Gasteiger partial charge >= 0.3 is 0 Å². The van der Waals surface area contributed by atoms with Gasteiger partial charge in [-0.1, -0.05) is 17.7 Å². The van der Waals surface area contributed by atoms with Gasteiger partial charge in [-0.2, -0.15) is 14.7 Å². The summed E-state index contributed by atoms with van der Waals surface area (Å²) in [5.74, 6) is 1.83. The Kier molecular flexibility index (Phi) is 5.44. The van der Waals surface area contributed by atoms with Crippen LogP contribution in [0.4, 0.5) is 21.8 Å². The highest BCUT2D eigenvalue weighted by Gasteiger charge is 2.21. The molecule has 2 N–H and O–H groups in total. The van der Waals surface area contributed by atoms with Crippen molar-refractivity contribution in [3.05, 3.63) is 63.7 Å². The van der Waals surface area contributed by atoms with Crippen molar-refractivity contribution < 1.29 is 9.13 Å². The third-order valence-electron chi connectivity index (χ3n) is 5.53. The molecule has 5 rings (SSSR count). The first kappa shape index (κ1) is 20.7. The quantitative estimate of drug-likeness (QED) is 0.472. The van der Waals surface area contributed by atoms with Gasteiger partial charge in [0.15, 0.2) is 11.5 Å². The van der Waals surface area contributed by atoms with Crippen LogP contribution in [0.3, 0.4) is 0 Å². The van der Waals surface area contributed by atoms with Crippen molar-refractivity contribution in [2.45, 2.75) is 20.3 Å². The second-order valence-corrected chi connectivity index (χ2v) is 8.29. The van der Waals surface area contributed by atoms with E-state index in [9.17, 15) is 4.39 Å². The summed E-state index contributed by atoms with van der Waals surface area (Å²) in [7, 11) is 0. The second kappa shape index (κ2) is 8.40. The number of aromatic nitrogens is 5. The number of hydrogen-bond donors (Lipinski definition) is 2. The maximum Gasteiger partial charge on any atom is 0.163 e. The van der Waals surface area contributed by atoms with E-state index in [4.69, 9.17) is 26.4 Å². The largest absolute Gasteiger partial charge is 0.378 e. The van der Waals surface area contributed by atoms with Crippen LogP contribution in [0.5, 0.6) is 0 Å². The topological polar surface area (TPSA) is 83.4 Å². The summed E-state index contributed by atoms with van der Waals surface area (Å²) in [5.41, 5.74) is 4.25. The summed E-state index contributed by atoms with van der Waals surface area (Å²) < 4.78 is 21.4. The van der Waals surface area contributed by atoms with E-state index >= 15 is 0 Å². The summed E-state index contributed by atoms with van der Waals surface area (Å²) >= 11 is 5.86. The van der Waals surface area contributed by atoms with Crippen LogP contribution in [0.2, 0.25) is 5.02 Å². The molecular formula is C22H23ClFN7O. The van der Waals surface area contributed by atoms with Crippen LogP contribution in [0, 0.1) is 19.7 Å². The van der Waals surface area contributed by atoms with Crippen molar-refractivity contribution in [3.8, 4) is 0 Å². The molecule has 0 radical (unpaired) electrons. The smallest absolute Gasteiger partial charge is 0.163 e. The highest BCUT2D eigenvalue weighted by atomic mass is 35.5. The lowest BCUT2D eigenvalue weighted by Gasteiger charge is -2.29. The van der Waals surface area contributed by atoms with Crippen LogP contribution >= 0.6 is 11.6 Å². The van der Waals surface area contributed by atoms with Crippen molar-refractivity contribution in [3.63, 3.8) is 0 Å². The molecule has 0 bridgehead atoms. The fourth-order valence-electron chi connectivity index (χ4n) is 3.91. The van der Waals surface area contributed by atoms with E-state index in [1.807, 2.05) is 36.6 Å². The average molecular weight is 456 g/mol. The molecule has 32 heavy (non-hydrogen) atoms. The van der Waals surface area contributed by atoms with Crippen molar-refractivity contribution in [2.24, 2.45) is 0 Å². The molecule has 3 aromatic heterocycles. The molecule has 4 aromatic rings. The number of anilines is 3. The van der Waals surface area contributed by atoms with Gasteiger partial charge in [0.2, 0.25) is 0 Å². The fraction of sp³-hybridized carbons (Fsp3) is 0.318. The molecule has 1 fully saturated rings. The number of rotatable bonds is 5. The van der Waals surface area contributed by atoms with Gasteiger partial charge in [-0.3, -0.25) is 5.10 Å². The summed E-state index contributed by atoms with van der Waals surface area (Å²) in [6.07, 6.45) is 0.490. The van der Waals surface area contributed by atoms with Crippen molar-refractivity contribution in [1.29, 1.82) is 0 Å². The standard InChI is InChI=1S/C22H23ClFN7O/c1-13-9-20(28-27-13)25-19-12-21(30-5-7-32-8-6-30)31-22(26-19)16(14(2)29-31)10-15-3-4-17(23)18(24)11-15/h3-4,9,11-12H,5-8,10H2,1-2H3,(H2,25,26,27,28). The zero-order valence-corrected chi connectivity index (χ0v) is 18.6. The highest BCUT2D eigenvalue weighted by Crippen LogP contribution is 2.28. The molecule has 1 aliphatic rings. The molecule has 0 aliphatic carbocycles. The molecule has 0 spiro atoms. The van der Waals surface area contributed by atoms with E-state index in [-0.39, 0.29) is 5.02 Å². The number of ether oxygens (including phenoxy) is 1. The van der Waals surface area contributed by atoms with Gasteiger partial charge in [0, 0.05) is 42.9 Å². The van der Waals surface area contributed by atoms with Crippen LogP contribution in [-0.4, -0.2) is 51.1 Å². The van der Waals surface area contributed by atoms with Gasteiger partial charge < -0.3 is 15.0 Å². The molecule has 0 atom stereocenters. The number of morpholine rings is 1. The molecule has 1 aromatic carbocycles. The summed E-state index contributed by atoms with van der Waals surface area (Å²) in [6.45, 7) is 6.72. The van der Waals surface area contributed by atoms with Crippen LogP contribution < -0.4 is 10.2 Å². The zero-order valence-electron chi connectivity index (χ0n) is 17.8. The Morgan fingerprint density at radius 2 is 1.97 bits per heavy atom. The van der Waals surface area contributed by atoms with Gasteiger partial charge in [-0.15, -0.1) is 0 Å². The van der Waals surface area contributed by atoms with E-state index in [1.165, 1.54) is 6.07 Å². The first-order valence-corrected chi connectivity index (χ1v) is 10.8. The minimum Gasteiger partial charge on any atom is -0.378 e. The van der Waals surface area contributed by atoms with E-state index < -0.39 is 5.82 Å². The van der Waals surface area contributed by atoms with Gasteiger partial charge in [0.1, 0.15) is 17.5 Å². The minimum atomic E-state index is -0.434. The molecular weight excluding hydrogens is 433 g/mol. The van der Waals surface area contributed by atoms with E-state index in [1.54, 1.807) is 6.07 Å². The average Bonchev–Trinajstić information content (AvgIpc) is 3.33. The molecule has 8 nitrogen and oxygen atoms in total. The lowest BCUT2D eigenvalue weighted by atomic mass is 10.1. The first-order chi connectivity index (χ1) is 15.5. The van der Waals surface area contributed by atoms with Crippen molar-refractivity contribution in [2.75, 3.05) is 36.5 Å². The fourth-order valence-corrected chi connectivity index (χ4v) is 4.02. The van der Waals surface area contributed by atoms with Crippen LogP contribution in [0.25, 0.3) is 5.65 Å². The molecule has 0 saturated carbocycles. The Labute approximate surface area is 189 Å². The van der Waals surface area contributed by atoms with E-state index in [0.717, 1.165) is 47.1 Å². The van der Waals surface area contributed by atoms with E-state index in [0.29, 0.717) is 31.3 Å². The summed E-state index contributed by atoms with van der Waals surface area (Å²) in [4.78, 5) is 7.08. The summed E-state index contributed by atoms with van der Waals surface area (Å²) in [6, 6.07) is 8.75. The number of nitrogens with zero attached hydrogens (tertiary/aromatic N) is 5. The Hall–Kier alpha value is -3.17. The second-order valence-electron chi connectivity index (χ2n) is 7.88. The van der Waals surface area contributed by atoms with Crippen LogP contribution in [0.15, 0.2) is 30.3 Å². The van der Waals surface area contributed by atoms with Crippen molar-refractivity contribution >= 4 is 34.7 Å². The zero-order chi connectivity index (χ0) is 22.2. The first-order valence-electron chi connectivity index (χ1n) is 10.4. The highest BCUT2D eigenvalue weighted by molar-refractivity contribution is 6.30. The molecule has 4 heterocycles. The number of H-pyrrole nitrogens is 1.